The number of aliphatic imine (C=N–C) groups is 1. The number of guanidine groups is 1. The van der Waals surface area contributed by atoms with Crippen LogP contribution < -0.4 is 10.6 Å². The van der Waals surface area contributed by atoms with Crippen LogP contribution in [0.2, 0.25) is 0 Å². The van der Waals surface area contributed by atoms with Crippen LogP contribution in [0, 0.1) is 6.92 Å². The van der Waals surface area contributed by atoms with E-state index in [2.05, 4.69) is 44.8 Å². The lowest BCUT2D eigenvalue weighted by Crippen LogP contribution is -2.36. The monoisotopic (exact) mass is 307 g/mol. The highest BCUT2D eigenvalue weighted by Crippen LogP contribution is 2.16. The summed E-state index contributed by atoms with van der Waals surface area (Å²) in [4.78, 5) is 11.3. The van der Waals surface area contributed by atoms with Crippen molar-refractivity contribution in [2.45, 2.75) is 40.3 Å². The summed E-state index contributed by atoms with van der Waals surface area (Å²) in [7, 11) is 0. The van der Waals surface area contributed by atoms with Gasteiger partial charge in [-0.25, -0.2) is 4.99 Å². The van der Waals surface area contributed by atoms with Crippen LogP contribution in [0.15, 0.2) is 21.6 Å². The minimum Gasteiger partial charge on any atom is -0.357 e. The third-order valence-electron chi connectivity index (χ3n) is 2.78. The fraction of sp³-hybridized carbons (Fsp3) is 0.500. The zero-order chi connectivity index (χ0) is 15.1. The van der Waals surface area contributed by atoms with Crippen molar-refractivity contribution >= 4 is 17.3 Å². The summed E-state index contributed by atoms with van der Waals surface area (Å²) in [5, 5.41) is 10.3. The summed E-state index contributed by atoms with van der Waals surface area (Å²) in [6, 6.07) is 4.33. The largest absolute Gasteiger partial charge is 0.357 e. The molecule has 0 radical (unpaired) electrons. The van der Waals surface area contributed by atoms with E-state index in [0.717, 1.165) is 25.5 Å². The Hall–Kier alpha value is -1.89. The molecule has 2 aromatic heterocycles. The summed E-state index contributed by atoms with van der Waals surface area (Å²) in [5.74, 6) is 1.90. The van der Waals surface area contributed by atoms with E-state index in [1.807, 2.05) is 18.3 Å². The first-order valence-electron chi connectivity index (χ1n) is 7.10. The predicted molar refractivity (Wildman–Crippen MR) is 84.4 cm³/mol. The zero-order valence-corrected chi connectivity index (χ0v) is 13.5. The maximum atomic E-state index is 5.05. The minimum absolute atomic E-state index is 0.376. The average molecular weight is 307 g/mol. The second-order valence-corrected chi connectivity index (χ2v) is 5.76. The Morgan fingerprint density at radius 1 is 1.29 bits per heavy atom. The van der Waals surface area contributed by atoms with Gasteiger partial charge >= 0.3 is 0 Å². The van der Waals surface area contributed by atoms with Crippen molar-refractivity contribution in [2.75, 3.05) is 6.54 Å². The molecule has 0 spiro atoms. The van der Waals surface area contributed by atoms with Gasteiger partial charge in [-0.3, -0.25) is 0 Å². The second kappa shape index (κ2) is 7.78. The van der Waals surface area contributed by atoms with Gasteiger partial charge in [-0.1, -0.05) is 12.1 Å². The standard InChI is InChI=1S/C14H21N5OS/c1-4-11-6-7-12(21-11)8-16-14(15-5-2)17-9-13-18-10(3)19-20-13/h6-7H,4-5,8-9H2,1-3H3,(H2,15,16,17). The molecular formula is C14H21N5OS. The highest BCUT2D eigenvalue weighted by Gasteiger charge is 2.04. The van der Waals surface area contributed by atoms with Crippen LogP contribution in [0.5, 0.6) is 0 Å². The molecule has 7 heteroatoms. The maximum absolute atomic E-state index is 5.05. The highest BCUT2D eigenvalue weighted by atomic mass is 32.1. The Bertz CT molecular complexity index is 590. The molecule has 114 valence electrons. The first kappa shape index (κ1) is 15.5. The molecule has 0 amide bonds. The molecule has 0 aliphatic carbocycles. The normalized spacial score (nSPS) is 11.7. The van der Waals surface area contributed by atoms with E-state index in [1.54, 1.807) is 6.92 Å². The molecule has 0 fully saturated rings. The third-order valence-corrected chi connectivity index (χ3v) is 4.01. The van der Waals surface area contributed by atoms with E-state index in [-0.39, 0.29) is 0 Å². The Labute approximate surface area is 128 Å². The fourth-order valence-corrected chi connectivity index (χ4v) is 2.67. The van der Waals surface area contributed by atoms with Crippen molar-refractivity contribution in [1.29, 1.82) is 0 Å². The molecule has 21 heavy (non-hydrogen) atoms. The van der Waals surface area contributed by atoms with Gasteiger partial charge in [0.15, 0.2) is 11.8 Å². The number of hydrogen-bond donors (Lipinski definition) is 2. The molecule has 0 saturated heterocycles. The van der Waals surface area contributed by atoms with Crippen LogP contribution in [0.25, 0.3) is 0 Å². The summed E-state index contributed by atoms with van der Waals surface area (Å²) in [6.45, 7) is 7.94. The molecule has 2 aromatic rings. The molecule has 6 nitrogen and oxygen atoms in total. The van der Waals surface area contributed by atoms with Crippen molar-refractivity contribution in [1.82, 2.24) is 20.8 Å². The molecule has 0 aliphatic heterocycles. The van der Waals surface area contributed by atoms with Crippen LogP contribution >= 0.6 is 11.3 Å². The van der Waals surface area contributed by atoms with E-state index in [0.29, 0.717) is 18.3 Å². The van der Waals surface area contributed by atoms with Crippen molar-refractivity contribution in [3.8, 4) is 0 Å². The van der Waals surface area contributed by atoms with E-state index >= 15 is 0 Å². The van der Waals surface area contributed by atoms with Crippen molar-refractivity contribution < 1.29 is 4.52 Å². The van der Waals surface area contributed by atoms with E-state index in [9.17, 15) is 0 Å². The zero-order valence-electron chi connectivity index (χ0n) is 12.6. The van der Waals surface area contributed by atoms with Gasteiger partial charge in [0, 0.05) is 16.3 Å². The summed E-state index contributed by atoms with van der Waals surface area (Å²) >= 11 is 1.82. The van der Waals surface area contributed by atoms with Crippen LogP contribution in [0.3, 0.4) is 0 Å². The molecule has 0 bridgehead atoms. The average Bonchev–Trinajstić information content (AvgIpc) is 3.10. The Morgan fingerprint density at radius 3 is 2.71 bits per heavy atom. The van der Waals surface area contributed by atoms with Gasteiger partial charge in [0.25, 0.3) is 0 Å². The third kappa shape index (κ3) is 4.86. The molecule has 2 rings (SSSR count). The smallest absolute Gasteiger partial charge is 0.248 e. The summed E-state index contributed by atoms with van der Waals surface area (Å²) in [6.07, 6.45) is 1.08. The SMILES string of the molecule is CCNC(=NCc1nc(C)no1)NCc1ccc(CC)s1. The lowest BCUT2D eigenvalue weighted by atomic mass is 10.4. The number of aryl methyl sites for hydroxylation is 2. The van der Waals surface area contributed by atoms with E-state index < -0.39 is 0 Å². The second-order valence-electron chi connectivity index (χ2n) is 4.51. The Morgan fingerprint density at radius 2 is 2.10 bits per heavy atom. The Balaban J connectivity index is 1.91. The molecule has 2 heterocycles. The summed E-state index contributed by atoms with van der Waals surface area (Å²) < 4.78 is 5.05. The van der Waals surface area contributed by atoms with Crippen LogP contribution in [-0.2, 0) is 19.5 Å². The van der Waals surface area contributed by atoms with Crippen LogP contribution in [0.1, 0.15) is 35.3 Å². The molecule has 0 aliphatic rings. The Kier molecular flexibility index (Phi) is 5.74. The van der Waals surface area contributed by atoms with Gasteiger partial charge in [0.2, 0.25) is 5.89 Å². The van der Waals surface area contributed by atoms with Gasteiger partial charge in [0.1, 0.15) is 6.54 Å². The molecule has 0 saturated carbocycles. The maximum Gasteiger partial charge on any atom is 0.248 e. The molecule has 0 unspecified atom stereocenters. The lowest BCUT2D eigenvalue weighted by Gasteiger charge is -2.09. The number of nitrogens with one attached hydrogen (secondary N) is 2. The lowest BCUT2D eigenvalue weighted by molar-refractivity contribution is 0.376. The number of rotatable bonds is 6. The summed E-state index contributed by atoms with van der Waals surface area (Å²) in [5.41, 5.74) is 0. The number of aromatic nitrogens is 2. The molecule has 0 atom stereocenters. The molecule has 0 aromatic carbocycles. The fourth-order valence-electron chi connectivity index (χ4n) is 1.77. The quantitative estimate of drug-likeness (QED) is 0.632. The minimum atomic E-state index is 0.376. The van der Waals surface area contributed by atoms with E-state index in [1.165, 1.54) is 9.75 Å². The number of thiophene rings is 1. The highest BCUT2D eigenvalue weighted by molar-refractivity contribution is 7.11. The van der Waals surface area contributed by atoms with Gasteiger partial charge < -0.3 is 15.2 Å². The van der Waals surface area contributed by atoms with Crippen molar-refractivity contribution in [2.24, 2.45) is 4.99 Å². The first-order valence-corrected chi connectivity index (χ1v) is 7.91. The van der Waals surface area contributed by atoms with E-state index in [4.69, 9.17) is 4.52 Å². The first-order chi connectivity index (χ1) is 10.2. The van der Waals surface area contributed by atoms with Gasteiger partial charge in [-0.05, 0) is 32.4 Å². The predicted octanol–water partition coefficient (Wildman–Crippen LogP) is 2.26. The van der Waals surface area contributed by atoms with Crippen molar-refractivity contribution in [3.05, 3.63) is 33.6 Å². The van der Waals surface area contributed by atoms with Gasteiger partial charge in [-0.15, -0.1) is 11.3 Å². The molecule has 2 N–H and O–H groups in total. The van der Waals surface area contributed by atoms with Crippen molar-refractivity contribution in [3.63, 3.8) is 0 Å². The number of hydrogen-bond acceptors (Lipinski definition) is 5. The van der Waals surface area contributed by atoms with Gasteiger partial charge in [0.05, 0.1) is 6.54 Å². The van der Waals surface area contributed by atoms with Crippen LogP contribution in [-0.4, -0.2) is 22.6 Å². The van der Waals surface area contributed by atoms with Gasteiger partial charge in [-0.2, -0.15) is 4.98 Å². The topological polar surface area (TPSA) is 75.3 Å². The molecular weight excluding hydrogens is 286 g/mol. The van der Waals surface area contributed by atoms with Crippen LogP contribution in [0.4, 0.5) is 0 Å². The number of nitrogens with zero attached hydrogens (tertiary/aromatic N) is 3.